The van der Waals surface area contributed by atoms with Gasteiger partial charge >= 0.3 is 6.09 Å². The van der Waals surface area contributed by atoms with Crippen LogP contribution in [0, 0.1) is 0 Å². The molecule has 2 aromatic rings. The van der Waals surface area contributed by atoms with E-state index in [1.807, 2.05) is 36.4 Å². The largest absolute Gasteiger partial charge is 0.556 e. The molecule has 0 bridgehead atoms. The molecule has 0 fully saturated rings. The molecule has 0 aliphatic carbocycles. The smallest absolute Gasteiger partial charge is 0.407 e. The monoisotopic (exact) mass is 429 g/mol. The molecule has 0 aliphatic rings. The first kappa shape index (κ1) is 24.1. The highest BCUT2D eigenvalue weighted by Crippen LogP contribution is 2.36. The van der Waals surface area contributed by atoms with Crippen LogP contribution in [-0.2, 0) is 9.16 Å². The van der Waals surface area contributed by atoms with Gasteiger partial charge in [-0.25, -0.2) is 4.79 Å². The van der Waals surface area contributed by atoms with Crippen LogP contribution in [0.5, 0.6) is 0 Å². The van der Waals surface area contributed by atoms with E-state index in [2.05, 4.69) is 50.4 Å². The highest BCUT2D eigenvalue weighted by atomic mass is 28.4. The van der Waals surface area contributed by atoms with Crippen molar-refractivity contribution >= 4 is 24.8 Å². The first-order valence-electron chi connectivity index (χ1n) is 10.4. The van der Waals surface area contributed by atoms with Crippen LogP contribution in [0.4, 0.5) is 4.79 Å². The van der Waals surface area contributed by atoms with Crippen molar-refractivity contribution in [1.29, 1.82) is 0 Å². The fourth-order valence-electron chi connectivity index (χ4n) is 3.56. The topological polar surface area (TPSA) is 67.8 Å². The number of rotatable bonds is 7. The number of ether oxygens (including phenoxy) is 1. The van der Waals surface area contributed by atoms with Crippen molar-refractivity contribution in [3.63, 3.8) is 0 Å². The summed E-state index contributed by atoms with van der Waals surface area (Å²) in [7, 11) is -2.71. The van der Waals surface area contributed by atoms with Crippen molar-refractivity contribution in [2.45, 2.75) is 58.3 Å². The van der Waals surface area contributed by atoms with Crippen LogP contribution in [0.2, 0.25) is 5.04 Å². The first-order valence-corrected chi connectivity index (χ1v) is 12.3. The molecule has 6 heteroatoms. The highest BCUT2D eigenvalue weighted by Gasteiger charge is 2.37. The number of amides is 1. The summed E-state index contributed by atoms with van der Waals surface area (Å²) in [5.74, 6) is 0. The Hall–Kier alpha value is -2.15. The van der Waals surface area contributed by atoms with E-state index in [1.165, 1.54) is 0 Å². The fourth-order valence-corrected chi connectivity index (χ4v) is 8.15. The molecule has 5 nitrogen and oxygen atoms in total. The Morgan fingerprint density at radius 1 is 0.933 bits per heavy atom. The van der Waals surface area contributed by atoms with Crippen molar-refractivity contribution in [2.24, 2.45) is 0 Å². The maximum absolute atomic E-state index is 11.9. The number of hydrogen-bond acceptors (Lipinski definition) is 4. The predicted octanol–water partition coefficient (Wildman–Crippen LogP) is 3.45. The summed E-state index contributed by atoms with van der Waals surface area (Å²) in [6, 6.07) is 20.5. The van der Waals surface area contributed by atoms with Crippen LogP contribution >= 0.6 is 0 Å². The molecule has 165 valence electrons. The number of alkyl carbamates (subject to hydrolysis) is 1. The van der Waals surface area contributed by atoms with Crippen molar-refractivity contribution in [1.82, 2.24) is 5.32 Å². The van der Waals surface area contributed by atoms with E-state index in [0.717, 1.165) is 10.4 Å². The minimum atomic E-state index is -2.71. The van der Waals surface area contributed by atoms with Gasteiger partial charge in [0.2, 0.25) is 0 Å². The standard InChI is InChI=1S/C24H35NO4Si/c1-23(2,3)29-22(27)25-17-19(26)18-28-30(24(4,5)6,20-13-9-7-10-14-20)21-15-11-8-12-16-21/h7-16,19,26H,17-18H2,1-6H3,(H,25,27)/q-1. The summed E-state index contributed by atoms with van der Waals surface area (Å²) in [4.78, 5) is 11.9. The molecule has 0 aliphatic heterocycles. The minimum Gasteiger partial charge on any atom is -0.556 e. The van der Waals surface area contributed by atoms with Crippen LogP contribution in [0.3, 0.4) is 0 Å². The van der Waals surface area contributed by atoms with E-state index >= 15 is 0 Å². The molecule has 2 rings (SSSR count). The third-order valence-corrected chi connectivity index (χ3v) is 9.79. The Labute approximate surface area is 181 Å². The molecular weight excluding hydrogens is 394 g/mol. The van der Waals surface area contributed by atoms with Crippen LogP contribution in [0.15, 0.2) is 60.7 Å². The van der Waals surface area contributed by atoms with E-state index < -0.39 is 26.1 Å². The molecule has 1 atom stereocenters. The number of carbonyl (C=O) groups excluding carboxylic acids is 1. The van der Waals surface area contributed by atoms with Crippen LogP contribution in [0.1, 0.15) is 41.5 Å². The minimum absolute atomic E-state index is 0.0626. The van der Waals surface area contributed by atoms with E-state index in [0.29, 0.717) is 0 Å². The number of nitrogens with one attached hydrogen (secondary N) is 1. The lowest BCUT2D eigenvalue weighted by Gasteiger charge is -2.55. The first-order chi connectivity index (χ1) is 14.0. The number of carbonyl (C=O) groups is 1. The summed E-state index contributed by atoms with van der Waals surface area (Å²) in [6.45, 7) is 12.1. The Bertz CT molecular complexity index is 758. The van der Waals surface area contributed by atoms with Gasteiger partial charge in [0, 0.05) is 13.2 Å². The third-order valence-electron chi connectivity index (χ3n) is 4.79. The van der Waals surface area contributed by atoms with Gasteiger partial charge in [-0.15, -0.1) is 5.04 Å². The number of aliphatic hydroxyl groups is 1. The Morgan fingerprint density at radius 3 is 1.80 bits per heavy atom. The van der Waals surface area contributed by atoms with Crippen LogP contribution < -0.4 is 15.7 Å². The second-order valence-electron chi connectivity index (χ2n) is 9.51. The average molecular weight is 430 g/mol. The fraction of sp³-hybridized carbons (Fsp3) is 0.458. The van der Waals surface area contributed by atoms with Gasteiger partial charge < -0.3 is 19.6 Å². The van der Waals surface area contributed by atoms with Gasteiger partial charge in [0.15, 0.2) is 0 Å². The number of hydrogen-bond donors (Lipinski definition) is 2. The third kappa shape index (κ3) is 6.17. The lowest BCUT2D eigenvalue weighted by molar-refractivity contribution is 0.0458. The molecule has 0 saturated heterocycles. The summed E-state index contributed by atoms with van der Waals surface area (Å²) in [5, 5.41) is 15.3. The molecule has 0 radical (unpaired) electrons. The van der Waals surface area contributed by atoms with Crippen LogP contribution in [0.25, 0.3) is 0 Å². The van der Waals surface area contributed by atoms with E-state index in [9.17, 15) is 9.90 Å². The highest BCUT2D eigenvalue weighted by molar-refractivity contribution is 6.99. The van der Waals surface area contributed by atoms with E-state index in [1.54, 1.807) is 20.8 Å². The van der Waals surface area contributed by atoms with Gasteiger partial charge in [0.1, 0.15) is 5.60 Å². The maximum atomic E-state index is 11.9. The predicted molar refractivity (Wildman–Crippen MR) is 124 cm³/mol. The zero-order valence-electron chi connectivity index (χ0n) is 18.9. The van der Waals surface area contributed by atoms with Crippen molar-refractivity contribution < 1.29 is 19.1 Å². The average Bonchev–Trinajstić information content (AvgIpc) is 2.66. The molecule has 1 amide bonds. The van der Waals surface area contributed by atoms with Crippen molar-refractivity contribution in [3.8, 4) is 0 Å². The van der Waals surface area contributed by atoms with E-state index in [-0.39, 0.29) is 18.2 Å². The molecule has 2 N–H and O–H groups in total. The zero-order chi connectivity index (χ0) is 22.4. The molecule has 1 unspecified atom stereocenters. The zero-order valence-corrected chi connectivity index (χ0v) is 19.9. The molecule has 0 heterocycles. The van der Waals surface area contributed by atoms with Crippen LogP contribution in [-0.4, -0.2) is 44.4 Å². The van der Waals surface area contributed by atoms with E-state index in [4.69, 9.17) is 9.16 Å². The second-order valence-corrected chi connectivity index (χ2v) is 13.8. The SMILES string of the molecule is CC(C)(C)OC(=O)NCC(O)CO[Si-](c1ccccc1)(c1ccccc1)C(C)(C)C. The molecule has 2 aromatic carbocycles. The molecule has 30 heavy (non-hydrogen) atoms. The van der Waals surface area contributed by atoms with Gasteiger partial charge in [-0.1, -0.05) is 81.4 Å². The molecule has 0 saturated carbocycles. The summed E-state index contributed by atoms with van der Waals surface area (Å²) in [6.07, 6.45) is -1.40. The summed E-state index contributed by atoms with van der Waals surface area (Å²) in [5.41, 5.74) is -0.583. The summed E-state index contributed by atoms with van der Waals surface area (Å²) < 4.78 is 11.9. The van der Waals surface area contributed by atoms with Gasteiger partial charge in [-0.05, 0) is 20.8 Å². The van der Waals surface area contributed by atoms with Crippen molar-refractivity contribution in [2.75, 3.05) is 13.2 Å². The summed E-state index contributed by atoms with van der Waals surface area (Å²) >= 11 is 0. The quantitative estimate of drug-likeness (QED) is 0.662. The Balaban J connectivity index is 2.24. The normalized spacial score (nSPS) is 13.6. The maximum Gasteiger partial charge on any atom is 0.407 e. The Morgan fingerprint density at radius 2 is 1.40 bits per heavy atom. The van der Waals surface area contributed by atoms with Gasteiger partial charge in [-0.2, -0.15) is 10.4 Å². The number of aliphatic hydroxyl groups excluding tert-OH is 1. The van der Waals surface area contributed by atoms with Gasteiger partial charge in [0.05, 0.1) is 14.4 Å². The second kappa shape index (κ2) is 9.77. The molecular formula is C24H35NO4Si-. The Kier molecular flexibility index (Phi) is 7.85. The lowest BCUT2D eigenvalue weighted by Crippen LogP contribution is -2.67. The number of benzene rings is 2. The molecule has 0 spiro atoms. The lowest BCUT2D eigenvalue weighted by atomic mass is 10.2. The van der Waals surface area contributed by atoms with Crippen molar-refractivity contribution in [3.05, 3.63) is 60.7 Å². The molecule has 0 aromatic heterocycles. The van der Waals surface area contributed by atoms with Gasteiger partial charge in [0.25, 0.3) is 0 Å². The van der Waals surface area contributed by atoms with Gasteiger partial charge in [-0.3, -0.25) is 0 Å².